The van der Waals surface area contributed by atoms with Crippen molar-refractivity contribution in [1.82, 2.24) is 26.4 Å². The first-order valence-electron chi connectivity index (χ1n) is 16.9. The maximum Gasteiger partial charge on any atom is 0.407 e. The molecule has 0 unspecified atom stereocenters. The normalized spacial score (nSPS) is 13.5. The lowest BCUT2D eigenvalue weighted by Crippen LogP contribution is -2.59. The van der Waals surface area contributed by atoms with Gasteiger partial charge in [-0.1, -0.05) is 100 Å². The van der Waals surface area contributed by atoms with Crippen LogP contribution < -0.4 is 26.1 Å². The van der Waals surface area contributed by atoms with Crippen molar-refractivity contribution in [2.75, 3.05) is 20.8 Å². The summed E-state index contributed by atoms with van der Waals surface area (Å²) in [6.45, 7) is 7.58. The standard InChI is InChI=1S/C38H51N5O8/c1-25(2)33(40-37(47)49-5)35(45)39-31(21-27-13-9-7-10-14-27)32(44)23-43(42-36(46)34(26(3)4)41-38(48)50-6)22-28-17-19-30(20-18-28)51-24-29-15-11-8-12-16-29/h7-20,25-26,31-34,44H,21-24H2,1-6H3,(H,39,45)(H,40,47)(H,41,48)(H,42,46)/t31-,32-,33-,34-/m0/s1. The Morgan fingerprint density at radius 1 is 0.667 bits per heavy atom. The van der Waals surface area contributed by atoms with Crippen molar-refractivity contribution in [3.63, 3.8) is 0 Å². The van der Waals surface area contributed by atoms with Gasteiger partial charge in [-0.3, -0.25) is 15.0 Å². The Bertz CT molecular complexity index is 1520. The zero-order valence-corrected chi connectivity index (χ0v) is 30.1. The number of rotatable bonds is 18. The number of aliphatic hydroxyl groups is 1. The number of nitrogens with zero attached hydrogens (tertiary/aromatic N) is 1. The van der Waals surface area contributed by atoms with Crippen LogP contribution in [0.5, 0.6) is 5.75 Å². The first kappa shape index (κ1) is 40.3. The molecular weight excluding hydrogens is 654 g/mol. The monoisotopic (exact) mass is 705 g/mol. The Hall–Kier alpha value is -5.14. The number of alkyl carbamates (subject to hydrolysis) is 2. The topological polar surface area (TPSA) is 168 Å². The van der Waals surface area contributed by atoms with E-state index in [1.807, 2.05) is 84.9 Å². The van der Waals surface area contributed by atoms with E-state index in [0.29, 0.717) is 12.4 Å². The molecule has 0 spiro atoms. The van der Waals surface area contributed by atoms with Crippen LogP contribution in [0.2, 0.25) is 0 Å². The molecule has 0 aliphatic heterocycles. The molecular formula is C38H51N5O8. The molecule has 3 aromatic rings. The van der Waals surface area contributed by atoms with Crippen molar-refractivity contribution >= 4 is 24.0 Å². The van der Waals surface area contributed by atoms with E-state index >= 15 is 0 Å². The van der Waals surface area contributed by atoms with Crippen LogP contribution in [0.4, 0.5) is 9.59 Å². The molecule has 0 aliphatic rings. The minimum Gasteiger partial charge on any atom is -0.489 e. The second-order valence-corrected chi connectivity index (χ2v) is 12.9. The Kier molecular flexibility index (Phi) is 16.2. The van der Waals surface area contributed by atoms with Crippen LogP contribution in [0, 0.1) is 11.8 Å². The van der Waals surface area contributed by atoms with Crippen molar-refractivity contribution in [3.05, 3.63) is 102 Å². The highest BCUT2D eigenvalue weighted by Gasteiger charge is 2.32. The summed E-state index contributed by atoms with van der Waals surface area (Å²) in [6, 6.07) is 23.8. The van der Waals surface area contributed by atoms with Crippen LogP contribution in [0.25, 0.3) is 0 Å². The number of ether oxygens (including phenoxy) is 3. The van der Waals surface area contributed by atoms with E-state index in [1.165, 1.54) is 19.2 Å². The van der Waals surface area contributed by atoms with Gasteiger partial charge in [-0.25, -0.2) is 14.6 Å². The van der Waals surface area contributed by atoms with Crippen LogP contribution in [0.1, 0.15) is 44.4 Å². The van der Waals surface area contributed by atoms with Crippen LogP contribution in [-0.2, 0) is 38.6 Å². The number of carbonyl (C=O) groups excluding carboxylic acids is 4. The average Bonchev–Trinajstić information content (AvgIpc) is 3.12. The second kappa shape index (κ2) is 20.5. The summed E-state index contributed by atoms with van der Waals surface area (Å²) in [5.74, 6) is -0.941. The fourth-order valence-corrected chi connectivity index (χ4v) is 5.25. The van der Waals surface area contributed by atoms with Gasteiger partial charge in [0.15, 0.2) is 0 Å². The summed E-state index contributed by atoms with van der Waals surface area (Å²) in [5.41, 5.74) is 5.54. The Balaban J connectivity index is 1.87. The molecule has 51 heavy (non-hydrogen) atoms. The Morgan fingerprint density at radius 2 is 1.18 bits per heavy atom. The highest BCUT2D eigenvalue weighted by atomic mass is 16.5. The zero-order chi connectivity index (χ0) is 37.3. The number of hydrogen-bond donors (Lipinski definition) is 5. The molecule has 0 saturated heterocycles. The lowest BCUT2D eigenvalue weighted by Gasteiger charge is -2.33. The second-order valence-electron chi connectivity index (χ2n) is 12.9. The van der Waals surface area contributed by atoms with Gasteiger partial charge in [0.1, 0.15) is 24.4 Å². The fraction of sp³-hybridized carbons (Fsp3) is 0.421. The van der Waals surface area contributed by atoms with Crippen molar-refractivity contribution in [3.8, 4) is 5.75 Å². The maximum absolute atomic E-state index is 13.6. The lowest BCUT2D eigenvalue weighted by molar-refractivity contribution is -0.131. The predicted molar refractivity (Wildman–Crippen MR) is 192 cm³/mol. The number of carbonyl (C=O) groups is 4. The molecule has 0 radical (unpaired) electrons. The molecule has 13 heteroatoms. The summed E-state index contributed by atoms with van der Waals surface area (Å²) >= 11 is 0. The first-order valence-corrected chi connectivity index (χ1v) is 16.9. The molecule has 0 aliphatic carbocycles. The van der Waals surface area contributed by atoms with Crippen LogP contribution in [0.3, 0.4) is 0 Å². The van der Waals surface area contributed by atoms with Gasteiger partial charge < -0.3 is 35.3 Å². The summed E-state index contributed by atoms with van der Waals surface area (Å²) in [5, 5.41) is 21.3. The van der Waals surface area contributed by atoms with Gasteiger partial charge >= 0.3 is 12.2 Å². The number of methoxy groups -OCH3 is 2. The summed E-state index contributed by atoms with van der Waals surface area (Å²) in [6.07, 6.45) is -2.47. The van der Waals surface area contributed by atoms with Gasteiger partial charge in [-0.05, 0) is 47.1 Å². The van der Waals surface area contributed by atoms with Gasteiger partial charge in [0.2, 0.25) is 5.91 Å². The lowest BCUT2D eigenvalue weighted by atomic mass is 9.98. The number of aliphatic hydroxyl groups excluding tert-OH is 1. The molecule has 0 bridgehead atoms. The smallest absolute Gasteiger partial charge is 0.407 e. The van der Waals surface area contributed by atoms with Gasteiger partial charge in [0.05, 0.1) is 26.4 Å². The van der Waals surface area contributed by atoms with Crippen LogP contribution >= 0.6 is 0 Å². The van der Waals surface area contributed by atoms with Crippen molar-refractivity contribution in [1.29, 1.82) is 0 Å². The highest BCUT2D eigenvalue weighted by molar-refractivity contribution is 5.86. The number of hydrazine groups is 1. The zero-order valence-electron chi connectivity index (χ0n) is 30.1. The Morgan fingerprint density at radius 3 is 1.69 bits per heavy atom. The third-order valence-electron chi connectivity index (χ3n) is 8.13. The number of amides is 4. The van der Waals surface area contributed by atoms with Gasteiger partial charge in [0, 0.05) is 13.1 Å². The van der Waals surface area contributed by atoms with E-state index in [1.54, 1.807) is 27.7 Å². The highest BCUT2D eigenvalue weighted by Crippen LogP contribution is 2.17. The maximum atomic E-state index is 13.6. The third kappa shape index (κ3) is 13.6. The minimum absolute atomic E-state index is 0.115. The van der Waals surface area contributed by atoms with Crippen LogP contribution in [0.15, 0.2) is 84.9 Å². The van der Waals surface area contributed by atoms with E-state index in [-0.39, 0.29) is 31.3 Å². The van der Waals surface area contributed by atoms with Crippen molar-refractivity contribution < 1.29 is 38.5 Å². The quantitative estimate of drug-likeness (QED) is 0.123. The molecule has 276 valence electrons. The van der Waals surface area contributed by atoms with Gasteiger partial charge in [-0.2, -0.15) is 0 Å². The van der Waals surface area contributed by atoms with Crippen LogP contribution in [-0.4, -0.2) is 79.1 Å². The number of nitrogens with one attached hydrogen (secondary N) is 4. The largest absolute Gasteiger partial charge is 0.489 e. The van der Waals surface area contributed by atoms with Gasteiger partial charge in [-0.15, -0.1) is 0 Å². The van der Waals surface area contributed by atoms with E-state index in [9.17, 15) is 24.3 Å². The molecule has 3 rings (SSSR count). The molecule has 13 nitrogen and oxygen atoms in total. The molecule has 0 saturated carbocycles. The number of benzene rings is 3. The van der Waals surface area contributed by atoms with E-state index < -0.39 is 48.2 Å². The van der Waals surface area contributed by atoms with Gasteiger partial charge in [0.25, 0.3) is 5.91 Å². The molecule has 0 aromatic heterocycles. The SMILES string of the molecule is COC(=O)N[C@H](C(=O)N[C@@H](Cc1ccccc1)[C@@H](O)CN(Cc1ccc(OCc2ccccc2)cc1)NC(=O)[C@@H](NC(=O)OC)C(C)C)C(C)C. The van der Waals surface area contributed by atoms with E-state index in [0.717, 1.165) is 16.7 Å². The predicted octanol–water partition coefficient (Wildman–Crippen LogP) is 3.95. The molecule has 4 amide bonds. The summed E-state index contributed by atoms with van der Waals surface area (Å²) in [7, 11) is 2.43. The molecule has 0 heterocycles. The first-order chi connectivity index (χ1) is 24.4. The summed E-state index contributed by atoms with van der Waals surface area (Å²) in [4.78, 5) is 51.2. The van der Waals surface area contributed by atoms with Crippen molar-refractivity contribution in [2.24, 2.45) is 11.8 Å². The average molecular weight is 706 g/mol. The minimum atomic E-state index is -1.21. The fourth-order valence-electron chi connectivity index (χ4n) is 5.25. The third-order valence-corrected chi connectivity index (χ3v) is 8.13. The number of hydrogen-bond acceptors (Lipinski definition) is 9. The summed E-state index contributed by atoms with van der Waals surface area (Å²) < 4.78 is 15.4. The van der Waals surface area contributed by atoms with E-state index in [2.05, 4.69) is 21.4 Å². The molecule has 5 N–H and O–H groups in total. The Labute approximate surface area is 300 Å². The van der Waals surface area contributed by atoms with Crippen molar-refractivity contribution in [2.45, 2.75) is 71.5 Å². The molecule has 0 fully saturated rings. The molecule has 3 aromatic carbocycles. The molecule has 4 atom stereocenters. The van der Waals surface area contributed by atoms with E-state index in [4.69, 9.17) is 14.2 Å².